The molecule has 2 aromatic rings. The fourth-order valence-corrected chi connectivity index (χ4v) is 2.16. The van der Waals surface area contributed by atoms with Crippen molar-refractivity contribution in [2.45, 2.75) is 6.54 Å². The average molecular weight is 302 g/mol. The van der Waals surface area contributed by atoms with Crippen LogP contribution in [0.1, 0.15) is 16.1 Å². The van der Waals surface area contributed by atoms with E-state index in [1.807, 2.05) is 6.07 Å². The third-order valence-corrected chi connectivity index (χ3v) is 3.25. The Hall–Kier alpha value is -2.96. The smallest absolute Gasteiger partial charge is 0.324 e. The number of rotatable bonds is 4. The predicted octanol–water partition coefficient (Wildman–Crippen LogP) is 0.987. The molecule has 0 fully saturated rings. The second-order valence-electron chi connectivity index (χ2n) is 4.62. The number of carbonyl (C=O) groups is 1. The van der Waals surface area contributed by atoms with Crippen molar-refractivity contribution in [3.63, 3.8) is 0 Å². The van der Waals surface area contributed by atoms with E-state index in [9.17, 15) is 10.0 Å². The molecular formula is C15H14N2O5. The van der Waals surface area contributed by atoms with Gasteiger partial charge in [0.2, 0.25) is 6.79 Å². The first kappa shape index (κ1) is 14.0. The number of nitrogens with zero attached hydrogens (tertiary/aromatic N) is 1. The van der Waals surface area contributed by atoms with Crippen LogP contribution in [0.2, 0.25) is 0 Å². The van der Waals surface area contributed by atoms with Gasteiger partial charge < -0.3 is 24.7 Å². The molecule has 0 radical (unpaired) electrons. The van der Waals surface area contributed by atoms with Crippen LogP contribution in [0.4, 0.5) is 0 Å². The van der Waals surface area contributed by atoms with Gasteiger partial charge in [-0.3, -0.25) is 4.79 Å². The summed E-state index contributed by atoms with van der Waals surface area (Å²) in [7, 11) is 1.41. The van der Waals surface area contributed by atoms with Gasteiger partial charge in [0, 0.05) is 12.6 Å². The molecule has 7 nitrogen and oxygen atoms in total. The van der Waals surface area contributed by atoms with Gasteiger partial charge in [0.1, 0.15) is 0 Å². The Morgan fingerprint density at radius 1 is 1.36 bits per heavy atom. The van der Waals surface area contributed by atoms with Crippen LogP contribution in [0.25, 0.3) is 0 Å². The zero-order valence-corrected chi connectivity index (χ0v) is 11.9. The SMILES string of the molecule is COc1ccc[n+]([O-])c1C(=O)NCc1ccc2c(c1)OCO2. The minimum atomic E-state index is -0.509. The molecule has 3 rings (SSSR count). The number of nitrogens with one attached hydrogen (secondary N) is 1. The molecule has 1 aliphatic rings. The Morgan fingerprint density at radius 3 is 3.00 bits per heavy atom. The summed E-state index contributed by atoms with van der Waals surface area (Å²) in [5.41, 5.74) is 0.760. The van der Waals surface area contributed by atoms with E-state index in [2.05, 4.69) is 5.32 Å². The van der Waals surface area contributed by atoms with Crippen LogP contribution in [0.3, 0.4) is 0 Å². The minimum absolute atomic E-state index is 0.0780. The number of fused-ring (bicyclic) bond motifs is 1. The van der Waals surface area contributed by atoms with Crippen LogP contribution < -0.4 is 24.3 Å². The third-order valence-electron chi connectivity index (χ3n) is 3.25. The van der Waals surface area contributed by atoms with Crippen LogP contribution in [0.5, 0.6) is 17.2 Å². The number of hydrogen-bond acceptors (Lipinski definition) is 5. The van der Waals surface area contributed by atoms with Crippen LogP contribution >= 0.6 is 0 Å². The van der Waals surface area contributed by atoms with Gasteiger partial charge >= 0.3 is 11.6 Å². The van der Waals surface area contributed by atoms with E-state index in [4.69, 9.17) is 14.2 Å². The lowest BCUT2D eigenvalue weighted by Crippen LogP contribution is -2.39. The number of hydrogen-bond donors (Lipinski definition) is 1. The maximum atomic E-state index is 12.2. The quantitative estimate of drug-likeness (QED) is 0.672. The molecule has 22 heavy (non-hydrogen) atoms. The maximum Gasteiger partial charge on any atom is 0.324 e. The lowest BCUT2D eigenvalue weighted by atomic mass is 10.2. The monoisotopic (exact) mass is 302 g/mol. The molecule has 0 saturated heterocycles. The second kappa shape index (κ2) is 5.80. The molecule has 2 heterocycles. The molecule has 114 valence electrons. The summed E-state index contributed by atoms with van der Waals surface area (Å²) in [6.45, 7) is 0.454. The standard InChI is InChI=1S/C15H14N2O5/c1-20-12-3-2-6-17(19)14(12)15(18)16-8-10-4-5-11-13(7-10)22-9-21-11/h2-7H,8-9H2,1H3,(H,16,18). The van der Waals surface area contributed by atoms with Gasteiger partial charge in [-0.25, -0.2) is 0 Å². The van der Waals surface area contributed by atoms with Gasteiger partial charge in [0.05, 0.1) is 7.11 Å². The maximum absolute atomic E-state index is 12.2. The number of carbonyl (C=O) groups excluding carboxylic acids is 1. The van der Waals surface area contributed by atoms with Crippen LogP contribution in [-0.4, -0.2) is 19.8 Å². The second-order valence-corrected chi connectivity index (χ2v) is 4.62. The van der Waals surface area contributed by atoms with Crippen molar-refractivity contribution in [2.24, 2.45) is 0 Å². The van der Waals surface area contributed by atoms with Gasteiger partial charge in [-0.05, 0) is 23.8 Å². The number of benzene rings is 1. The van der Waals surface area contributed by atoms with Crippen molar-refractivity contribution in [1.29, 1.82) is 0 Å². The van der Waals surface area contributed by atoms with Crippen molar-refractivity contribution >= 4 is 5.91 Å². The highest BCUT2D eigenvalue weighted by Crippen LogP contribution is 2.32. The zero-order chi connectivity index (χ0) is 15.5. The Bertz CT molecular complexity index is 717. The zero-order valence-electron chi connectivity index (χ0n) is 11.9. The van der Waals surface area contributed by atoms with E-state index in [1.54, 1.807) is 18.2 Å². The molecule has 0 aliphatic carbocycles. The molecule has 0 unspecified atom stereocenters. The molecule has 1 N–H and O–H groups in total. The number of ether oxygens (including phenoxy) is 3. The molecule has 1 aromatic carbocycles. The van der Waals surface area contributed by atoms with E-state index >= 15 is 0 Å². The number of pyridine rings is 1. The lowest BCUT2D eigenvalue weighted by Gasteiger charge is -2.09. The summed E-state index contributed by atoms with van der Waals surface area (Å²) < 4.78 is 16.0. The summed E-state index contributed by atoms with van der Waals surface area (Å²) in [4.78, 5) is 12.2. The highest BCUT2D eigenvalue weighted by Gasteiger charge is 2.22. The van der Waals surface area contributed by atoms with Crippen molar-refractivity contribution in [2.75, 3.05) is 13.9 Å². The molecule has 0 spiro atoms. The summed E-state index contributed by atoms with van der Waals surface area (Å²) in [6.07, 6.45) is 1.25. The lowest BCUT2D eigenvalue weighted by molar-refractivity contribution is -0.608. The highest BCUT2D eigenvalue weighted by molar-refractivity contribution is 5.93. The molecule has 1 amide bonds. The summed E-state index contributed by atoms with van der Waals surface area (Å²) in [5, 5.41) is 14.4. The predicted molar refractivity (Wildman–Crippen MR) is 75.7 cm³/mol. The molecule has 1 aromatic heterocycles. The summed E-state index contributed by atoms with van der Waals surface area (Å²) in [5.74, 6) is 1.03. The molecular weight excluding hydrogens is 288 g/mol. The normalized spacial score (nSPS) is 12.0. The van der Waals surface area contributed by atoms with E-state index in [0.717, 1.165) is 5.56 Å². The van der Waals surface area contributed by atoms with Crippen molar-refractivity contribution < 1.29 is 23.7 Å². The van der Waals surface area contributed by atoms with Gasteiger partial charge in [0.25, 0.3) is 0 Å². The van der Waals surface area contributed by atoms with Crippen LogP contribution in [0.15, 0.2) is 36.5 Å². The Morgan fingerprint density at radius 2 is 2.18 bits per heavy atom. The largest absolute Gasteiger partial charge is 0.618 e. The molecule has 7 heteroatoms. The number of amides is 1. The van der Waals surface area contributed by atoms with Gasteiger partial charge in [0.15, 0.2) is 23.4 Å². The van der Waals surface area contributed by atoms with E-state index in [-0.39, 0.29) is 24.8 Å². The molecule has 1 aliphatic heterocycles. The fourth-order valence-electron chi connectivity index (χ4n) is 2.16. The molecule has 0 atom stereocenters. The van der Waals surface area contributed by atoms with Crippen molar-refractivity contribution in [1.82, 2.24) is 5.32 Å². The van der Waals surface area contributed by atoms with Crippen LogP contribution in [-0.2, 0) is 6.54 Å². The van der Waals surface area contributed by atoms with Crippen LogP contribution in [0, 0.1) is 5.21 Å². The van der Waals surface area contributed by atoms with Gasteiger partial charge in [-0.15, -0.1) is 0 Å². The van der Waals surface area contributed by atoms with E-state index in [1.165, 1.54) is 19.4 Å². The highest BCUT2D eigenvalue weighted by atomic mass is 16.7. The first-order valence-corrected chi connectivity index (χ1v) is 6.62. The Balaban J connectivity index is 1.73. The summed E-state index contributed by atoms with van der Waals surface area (Å²) in [6, 6.07) is 8.46. The molecule has 0 bridgehead atoms. The topological polar surface area (TPSA) is 83.7 Å². The number of aromatic nitrogens is 1. The van der Waals surface area contributed by atoms with E-state index < -0.39 is 5.91 Å². The average Bonchev–Trinajstić information content (AvgIpc) is 2.99. The summed E-state index contributed by atoms with van der Waals surface area (Å²) >= 11 is 0. The number of methoxy groups -OCH3 is 1. The van der Waals surface area contributed by atoms with Gasteiger partial charge in [-0.2, -0.15) is 4.73 Å². The Kier molecular flexibility index (Phi) is 3.69. The third kappa shape index (κ3) is 2.60. The van der Waals surface area contributed by atoms with E-state index in [0.29, 0.717) is 16.2 Å². The Labute approximate surface area is 126 Å². The first-order valence-electron chi connectivity index (χ1n) is 6.62. The molecule has 0 saturated carbocycles. The first-order chi connectivity index (χ1) is 10.7. The minimum Gasteiger partial charge on any atom is -0.618 e. The fraction of sp³-hybridized carbons (Fsp3) is 0.200. The van der Waals surface area contributed by atoms with Gasteiger partial charge in [-0.1, -0.05) is 6.07 Å². The van der Waals surface area contributed by atoms with Crippen molar-refractivity contribution in [3.05, 3.63) is 53.0 Å². The van der Waals surface area contributed by atoms with Crippen molar-refractivity contribution in [3.8, 4) is 17.2 Å².